The minimum atomic E-state index is -4.56. The smallest absolute Gasteiger partial charge is 0.419 e. The summed E-state index contributed by atoms with van der Waals surface area (Å²) >= 11 is 0. The standard InChI is InChI=1S/C28H34F3N5O3/c1-4-5-6-16-39-24-17-21(8-9-23(24)28(29,30)31)36-14-7-13-35(27(36)38)18-20-10-12-32-26-22(20)11-15-34(26)19-25(37)33(2)3/h8-12,15,17H,4-7,13-14,16,18-19H2,1-3H3. The van der Waals surface area contributed by atoms with E-state index in [1.807, 2.05) is 19.1 Å². The Hall–Kier alpha value is -3.76. The number of fused-ring (bicyclic) bond motifs is 1. The Bertz CT molecular complexity index is 1320. The van der Waals surface area contributed by atoms with Gasteiger partial charge in [-0.25, -0.2) is 9.78 Å². The Balaban J connectivity index is 1.55. The zero-order valence-electron chi connectivity index (χ0n) is 22.5. The molecule has 1 saturated heterocycles. The Labute approximate surface area is 225 Å². The first-order valence-electron chi connectivity index (χ1n) is 13.1. The lowest BCUT2D eigenvalue weighted by molar-refractivity contribution is -0.139. The molecule has 0 saturated carbocycles. The van der Waals surface area contributed by atoms with Crippen LogP contribution in [0.15, 0.2) is 42.7 Å². The van der Waals surface area contributed by atoms with Gasteiger partial charge < -0.3 is 19.1 Å². The lowest BCUT2D eigenvalue weighted by atomic mass is 10.1. The van der Waals surface area contributed by atoms with Crippen LogP contribution in [0.3, 0.4) is 0 Å². The zero-order chi connectivity index (χ0) is 28.2. The van der Waals surface area contributed by atoms with Gasteiger partial charge >= 0.3 is 12.2 Å². The molecule has 1 aliphatic heterocycles. The number of alkyl halides is 3. The molecule has 4 rings (SSSR count). The van der Waals surface area contributed by atoms with Crippen molar-refractivity contribution in [3.8, 4) is 5.75 Å². The van der Waals surface area contributed by atoms with Gasteiger partial charge in [0, 0.05) is 63.3 Å². The first-order valence-corrected chi connectivity index (χ1v) is 13.1. The molecule has 1 aromatic carbocycles. The van der Waals surface area contributed by atoms with Gasteiger partial charge in [0.15, 0.2) is 0 Å². The van der Waals surface area contributed by atoms with Gasteiger partial charge in [0.05, 0.1) is 12.2 Å². The molecule has 0 spiro atoms. The fourth-order valence-electron chi connectivity index (χ4n) is 4.64. The largest absolute Gasteiger partial charge is 0.493 e. The zero-order valence-corrected chi connectivity index (χ0v) is 22.5. The monoisotopic (exact) mass is 545 g/mol. The molecule has 0 N–H and O–H groups in total. The average Bonchev–Trinajstić information content (AvgIpc) is 3.30. The molecule has 0 atom stereocenters. The van der Waals surface area contributed by atoms with Crippen LogP contribution < -0.4 is 9.64 Å². The van der Waals surface area contributed by atoms with E-state index in [4.69, 9.17) is 4.74 Å². The fourth-order valence-corrected chi connectivity index (χ4v) is 4.64. The van der Waals surface area contributed by atoms with Gasteiger partial charge in [0.25, 0.3) is 0 Å². The molecule has 0 aliphatic carbocycles. The molecule has 39 heavy (non-hydrogen) atoms. The molecule has 0 bridgehead atoms. The maximum atomic E-state index is 13.6. The van der Waals surface area contributed by atoms with E-state index in [1.54, 1.807) is 36.0 Å². The number of hydrogen-bond acceptors (Lipinski definition) is 4. The molecule has 3 aromatic rings. The summed E-state index contributed by atoms with van der Waals surface area (Å²) in [6.45, 7) is 3.55. The van der Waals surface area contributed by atoms with Gasteiger partial charge in [-0.15, -0.1) is 0 Å². The van der Waals surface area contributed by atoms with Crippen molar-refractivity contribution in [2.75, 3.05) is 38.7 Å². The van der Waals surface area contributed by atoms with Crippen molar-refractivity contribution in [2.24, 2.45) is 0 Å². The molecule has 8 nitrogen and oxygen atoms in total. The number of ether oxygens (including phenoxy) is 1. The molecule has 0 unspecified atom stereocenters. The molecule has 2 aromatic heterocycles. The second-order valence-electron chi connectivity index (χ2n) is 9.88. The van der Waals surface area contributed by atoms with Crippen LogP contribution in [0.25, 0.3) is 11.0 Å². The second-order valence-corrected chi connectivity index (χ2v) is 9.88. The molecule has 210 valence electrons. The van der Waals surface area contributed by atoms with Crippen LogP contribution in [-0.2, 0) is 24.1 Å². The van der Waals surface area contributed by atoms with Crippen molar-refractivity contribution < 1.29 is 27.5 Å². The van der Waals surface area contributed by atoms with E-state index < -0.39 is 11.7 Å². The number of unbranched alkanes of at least 4 members (excludes halogenated alkanes) is 2. The highest BCUT2D eigenvalue weighted by Gasteiger charge is 2.36. The molecular weight excluding hydrogens is 511 g/mol. The molecule has 3 amide bonds. The number of amides is 3. The molecule has 11 heteroatoms. The Morgan fingerprint density at radius 1 is 1.13 bits per heavy atom. The Morgan fingerprint density at radius 2 is 1.92 bits per heavy atom. The SMILES string of the molecule is CCCCCOc1cc(N2CCCN(Cc3ccnc4c3ccn4CC(=O)N(C)C)C2=O)ccc1C(F)(F)F. The van der Waals surface area contributed by atoms with Crippen molar-refractivity contribution in [1.29, 1.82) is 0 Å². The van der Waals surface area contributed by atoms with E-state index in [2.05, 4.69) is 4.98 Å². The number of carbonyl (C=O) groups is 2. The van der Waals surface area contributed by atoms with Crippen LogP contribution in [0.4, 0.5) is 23.7 Å². The molecule has 1 aliphatic rings. The topological polar surface area (TPSA) is 70.9 Å². The number of hydrogen-bond donors (Lipinski definition) is 0. The minimum absolute atomic E-state index is 0.0631. The number of halogens is 3. The first kappa shape index (κ1) is 28.3. The highest BCUT2D eigenvalue weighted by Crippen LogP contribution is 2.39. The summed E-state index contributed by atoms with van der Waals surface area (Å²) in [5.74, 6) is -0.322. The highest BCUT2D eigenvalue weighted by molar-refractivity contribution is 5.93. The van der Waals surface area contributed by atoms with Gasteiger partial charge in [-0.3, -0.25) is 9.69 Å². The number of benzene rings is 1. The van der Waals surface area contributed by atoms with Crippen LogP contribution in [0.5, 0.6) is 5.75 Å². The Morgan fingerprint density at radius 3 is 2.64 bits per heavy atom. The van der Waals surface area contributed by atoms with Gasteiger partial charge in [0.1, 0.15) is 17.9 Å². The number of likely N-dealkylation sites (N-methyl/N-ethyl adjacent to an activating group) is 1. The number of carbonyl (C=O) groups excluding carboxylic acids is 2. The van der Waals surface area contributed by atoms with Crippen molar-refractivity contribution in [3.63, 3.8) is 0 Å². The molecule has 3 heterocycles. The third-order valence-corrected chi connectivity index (χ3v) is 6.82. The second kappa shape index (κ2) is 12.0. The summed E-state index contributed by atoms with van der Waals surface area (Å²) in [7, 11) is 3.39. The predicted octanol–water partition coefficient (Wildman–Crippen LogP) is 5.54. The number of aromatic nitrogens is 2. The van der Waals surface area contributed by atoms with Crippen LogP contribution >= 0.6 is 0 Å². The minimum Gasteiger partial charge on any atom is -0.493 e. The van der Waals surface area contributed by atoms with E-state index in [9.17, 15) is 22.8 Å². The first-order chi connectivity index (χ1) is 18.6. The fraction of sp³-hybridized carbons (Fsp3) is 0.464. The summed E-state index contributed by atoms with van der Waals surface area (Å²) in [5, 5.41) is 0.839. The number of nitrogens with zero attached hydrogens (tertiary/aromatic N) is 5. The van der Waals surface area contributed by atoms with Crippen LogP contribution in [0.2, 0.25) is 0 Å². The maximum Gasteiger partial charge on any atom is 0.419 e. The van der Waals surface area contributed by atoms with Crippen LogP contribution in [-0.4, -0.2) is 65.1 Å². The normalized spacial score (nSPS) is 14.3. The van der Waals surface area contributed by atoms with E-state index in [1.165, 1.54) is 21.9 Å². The van der Waals surface area contributed by atoms with Crippen molar-refractivity contribution >= 4 is 28.7 Å². The maximum absolute atomic E-state index is 13.6. The molecular formula is C28H34F3N5O3. The van der Waals surface area contributed by atoms with Gasteiger partial charge in [-0.05, 0) is 42.7 Å². The van der Waals surface area contributed by atoms with E-state index in [0.29, 0.717) is 43.8 Å². The third-order valence-electron chi connectivity index (χ3n) is 6.82. The van der Waals surface area contributed by atoms with E-state index >= 15 is 0 Å². The lowest BCUT2D eigenvalue weighted by Gasteiger charge is -2.36. The molecule has 1 fully saturated rings. The number of rotatable bonds is 10. The van der Waals surface area contributed by atoms with Crippen LogP contribution in [0.1, 0.15) is 43.7 Å². The van der Waals surface area contributed by atoms with Crippen LogP contribution in [0, 0.1) is 0 Å². The van der Waals surface area contributed by atoms with Gasteiger partial charge in [-0.2, -0.15) is 13.2 Å². The summed E-state index contributed by atoms with van der Waals surface area (Å²) in [6, 6.07) is 7.07. The summed E-state index contributed by atoms with van der Waals surface area (Å²) in [6.07, 6.45) is 1.99. The number of urea groups is 1. The summed E-state index contributed by atoms with van der Waals surface area (Å²) in [5.41, 5.74) is 1.05. The summed E-state index contributed by atoms with van der Waals surface area (Å²) in [4.78, 5) is 34.8. The number of pyridine rings is 1. The summed E-state index contributed by atoms with van der Waals surface area (Å²) < 4.78 is 48.2. The quantitative estimate of drug-likeness (QED) is 0.314. The third kappa shape index (κ3) is 6.46. The Kier molecular flexibility index (Phi) is 8.66. The lowest BCUT2D eigenvalue weighted by Crippen LogP contribution is -2.49. The predicted molar refractivity (Wildman–Crippen MR) is 143 cm³/mol. The van der Waals surface area contributed by atoms with Crippen molar-refractivity contribution in [3.05, 3.63) is 53.9 Å². The van der Waals surface area contributed by atoms with E-state index in [-0.39, 0.29) is 30.8 Å². The van der Waals surface area contributed by atoms with Crippen molar-refractivity contribution in [1.82, 2.24) is 19.4 Å². The van der Waals surface area contributed by atoms with Crippen molar-refractivity contribution in [2.45, 2.75) is 51.9 Å². The molecule has 0 radical (unpaired) electrons. The van der Waals surface area contributed by atoms with Gasteiger partial charge in [-0.1, -0.05) is 19.8 Å². The van der Waals surface area contributed by atoms with E-state index in [0.717, 1.165) is 29.9 Å². The average molecular weight is 546 g/mol. The van der Waals surface area contributed by atoms with Gasteiger partial charge in [0.2, 0.25) is 5.91 Å². The highest BCUT2D eigenvalue weighted by atomic mass is 19.4. The number of anilines is 1.